The molecule has 0 saturated heterocycles. The number of aromatic amines is 1. The van der Waals surface area contributed by atoms with Gasteiger partial charge in [-0.2, -0.15) is 0 Å². The van der Waals surface area contributed by atoms with E-state index in [4.69, 9.17) is 0 Å². The number of aryl methyl sites for hydroxylation is 1. The maximum atomic E-state index is 12.0. The van der Waals surface area contributed by atoms with Gasteiger partial charge < -0.3 is 10.3 Å². The minimum atomic E-state index is -0.0105. The molecule has 2 aromatic rings. The average Bonchev–Trinajstić information content (AvgIpc) is 2.89. The van der Waals surface area contributed by atoms with Crippen molar-refractivity contribution in [1.29, 1.82) is 0 Å². The van der Waals surface area contributed by atoms with Gasteiger partial charge in [-0.15, -0.1) is 0 Å². The molecule has 0 spiro atoms. The largest absolute Gasteiger partial charge is 0.367 e. The van der Waals surface area contributed by atoms with Gasteiger partial charge in [-0.1, -0.05) is 25.1 Å². The highest BCUT2D eigenvalue weighted by molar-refractivity contribution is 5.95. The van der Waals surface area contributed by atoms with E-state index in [0.717, 1.165) is 23.1 Å². The number of H-pyrrole nitrogens is 1. The van der Waals surface area contributed by atoms with Crippen LogP contribution in [0.5, 0.6) is 0 Å². The Kier molecular flexibility index (Phi) is 3.60. The molecular formula is C14H16N2O. The number of aromatic nitrogens is 1. The first-order valence-corrected chi connectivity index (χ1v) is 5.79. The summed E-state index contributed by atoms with van der Waals surface area (Å²) in [5, 5.41) is 2.92. The van der Waals surface area contributed by atoms with Crippen molar-refractivity contribution >= 4 is 5.91 Å². The lowest BCUT2D eigenvalue weighted by atomic mass is 10.0. The Balaban J connectivity index is 2.04. The summed E-state index contributed by atoms with van der Waals surface area (Å²) >= 11 is 0. The summed E-state index contributed by atoms with van der Waals surface area (Å²) in [6, 6.07) is 9.66. The van der Waals surface area contributed by atoms with Crippen LogP contribution in [0.1, 0.15) is 28.4 Å². The fourth-order valence-electron chi connectivity index (χ4n) is 1.80. The van der Waals surface area contributed by atoms with Gasteiger partial charge in [-0.25, -0.2) is 0 Å². The molecular weight excluding hydrogens is 212 g/mol. The Morgan fingerprint density at radius 2 is 2.12 bits per heavy atom. The van der Waals surface area contributed by atoms with Gasteiger partial charge >= 0.3 is 0 Å². The number of rotatable bonds is 4. The van der Waals surface area contributed by atoms with Crippen LogP contribution in [-0.2, 0) is 13.0 Å². The topological polar surface area (TPSA) is 44.9 Å². The summed E-state index contributed by atoms with van der Waals surface area (Å²) in [5.41, 5.74) is 2.93. The molecule has 0 unspecified atom stereocenters. The zero-order chi connectivity index (χ0) is 12.1. The predicted octanol–water partition coefficient (Wildman–Crippen LogP) is 2.51. The van der Waals surface area contributed by atoms with Crippen molar-refractivity contribution in [2.45, 2.75) is 19.9 Å². The quantitative estimate of drug-likeness (QED) is 0.829. The lowest BCUT2D eigenvalue weighted by Gasteiger charge is -2.07. The highest BCUT2D eigenvalue weighted by Gasteiger charge is 2.08. The van der Waals surface area contributed by atoms with Crippen LogP contribution < -0.4 is 5.32 Å². The van der Waals surface area contributed by atoms with Crippen molar-refractivity contribution in [3.63, 3.8) is 0 Å². The third-order valence-electron chi connectivity index (χ3n) is 2.76. The molecule has 1 aromatic carbocycles. The molecule has 88 valence electrons. The number of benzene rings is 1. The van der Waals surface area contributed by atoms with E-state index in [9.17, 15) is 4.79 Å². The van der Waals surface area contributed by atoms with Crippen LogP contribution in [-0.4, -0.2) is 10.9 Å². The third kappa shape index (κ3) is 2.75. The van der Waals surface area contributed by atoms with E-state index in [2.05, 4.69) is 17.2 Å². The molecule has 17 heavy (non-hydrogen) atoms. The van der Waals surface area contributed by atoms with Crippen molar-refractivity contribution in [1.82, 2.24) is 10.3 Å². The number of carbonyl (C=O) groups is 1. The summed E-state index contributed by atoms with van der Waals surface area (Å²) in [6.07, 6.45) is 4.60. The van der Waals surface area contributed by atoms with Crippen LogP contribution in [0.25, 0.3) is 0 Å². The highest BCUT2D eigenvalue weighted by atomic mass is 16.1. The molecule has 2 N–H and O–H groups in total. The van der Waals surface area contributed by atoms with Crippen LogP contribution in [0.15, 0.2) is 42.7 Å². The molecule has 3 nitrogen and oxygen atoms in total. The fourth-order valence-corrected chi connectivity index (χ4v) is 1.80. The third-order valence-corrected chi connectivity index (χ3v) is 2.76. The van der Waals surface area contributed by atoms with Crippen LogP contribution in [0.2, 0.25) is 0 Å². The van der Waals surface area contributed by atoms with Crippen molar-refractivity contribution in [2.75, 3.05) is 0 Å². The molecule has 1 aromatic heterocycles. The zero-order valence-electron chi connectivity index (χ0n) is 9.86. The van der Waals surface area contributed by atoms with Crippen molar-refractivity contribution in [3.05, 3.63) is 59.4 Å². The first kappa shape index (κ1) is 11.5. The van der Waals surface area contributed by atoms with E-state index < -0.39 is 0 Å². The molecule has 1 amide bonds. The standard InChI is InChI=1S/C14H16N2O/c1-2-12-5-3-4-6-13(12)14(17)16-10-11-7-8-15-9-11/h3-9,15H,2,10H2,1H3,(H,16,17). The molecule has 0 saturated carbocycles. The van der Waals surface area contributed by atoms with Gasteiger partial charge in [0.25, 0.3) is 5.91 Å². The first-order valence-electron chi connectivity index (χ1n) is 5.79. The average molecular weight is 228 g/mol. The Labute approximate surface area is 101 Å². The Bertz CT molecular complexity index is 489. The van der Waals surface area contributed by atoms with Gasteiger partial charge in [0.2, 0.25) is 0 Å². The van der Waals surface area contributed by atoms with Crippen molar-refractivity contribution in [3.8, 4) is 0 Å². The van der Waals surface area contributed by atoms with Crippen LogP contribution in [0, 0.1) is 0 Å². The monoisotopic (exact) mass is 228 g/mol. The van der Waals surface area contributed by atoms with Crippen LogP contribution in [0.4, 0.5) is 0 Å². The highest BCUT2D eigenvalue weighted by Crippen LogP contribution is 2.09. The van der Waals surface area contributed by atoms with E-state index >= 15 is 0 Å². The summed E-state index contributed by atoms with van der Waals surface area (Å²) in [6.45, 7) is 2.61. The van der Waals surface area contributed by atoms with E-state index in [-0.39, 0.29) is 5.91 Å². The molecule has 3 heteroatoms. The molecule has 0 aliphatic heterocycles. The van der Waals surface area contributed by atoms with E-state index in [1.54, 1.807) is 0 Å². The van der Waals surface area contributed by atoms with Crippen molar-refractivity contribution in [2.24, 2.45) is 0 Å². The molecule has 0 aliphatic carbocycles. The molecule has 1 heterocycles. The van der Waals surface area contributed by atoms with E-state index in [0.29, 0.717) is 6.54 Å². The number of hydrogen-bond donors (Lipinski definition) is 2. The minimum Gasteiger partial charge on any atom is -0.367 e. The van der Waals surface area contributed by atoms with E-state index in [1.807, 2.05) is 42.7 Å². The number of nitrogens with one attached hydrogen (secondary N) is 2. The Morgan fingerprint density at radius 1 is 1.29 bits per heavy atom. The summed E-state index contributed by atoms with van der Waals surface area (Å²) in [7, 11) is 0. The zero-order valence-corrected chi connectivity index (χ0v) is 9.86. The van der Waals surface area contributed by atoms with Crippen LogP contribution >= 0.6 is 0 Å². The van der Waals surface area contributed by atoms with Gasteiger partial charge in [-0.3, -0.25) is 4.79 Å². The maximum absolute atomic E-state index is 12.0. The molecule has 0 aliphatic rings. The second-order valence-electron chi connectivity index (χ2n) is 3.91. The Hall–Kier alpha value is -2.03. The molecule has 0 radical (unpaired) electrons. The van der Waals surface area contributed by atoms with Crippen LogP contribution in [0.3, 0.4) is 0 Å². The lowest BCUT2D eigenvalue weighted by Crippen LogP contribution is -2.23. The van der Waals surface area contributed by atoms with E-state index in [1.165, 1.54) is 0 Å². The SMILES string of the molecule is CCc1ccccc1C(=O)NCc1cc[nH]c1. The predicted molar refractivity (Wildman–Crippen MR) is 67.8 cm³/mol. The normalized spacial score (nSPS) is 10.2. The number of amides is 1. The second-order valence-corrected chi connectivity index (χ2v) is 3.91. The minimum absolute atomic E-state index is 0.0105. The first-order chi connectivity index (χ1) is 8.31. The lowest BCUT2D eigenvalue weighted by molar-refractivity contribution is 0.0950. The summed E-state index contributed by atoms with van der Waals surface area (Å²) < 4.78 is 0. The summed E-state index contributed by atoms with van der Waals surface area (Å²) in [4.78, 5) is 15.0. The molecule has 2 rings (SSSR count). The molecule has 0 atom stereocenters. The molecule has 0 bridgehead atoms. The van der Waals surface area contributed by atoms with Gasteiger partial charge in [0.05, 0.1) is 0 Å². The summed E-state index contributed by atoms with van der Waals surface area (Å²) in [5.74, 6) is -0.0105. The number of carbonyl (C=O) groups excluding carboxylic acids is 1. The fraction of sp³-hybridized carbons (Fsp3) is 0.214. The molecule has 0 fully saturated rings. The van der Waals surface area contributed by atoms with Gasteiger partial charge in [0.1, 0.15) is 0 Å². The van der Waals surface area contributed by atoms with Gasteiger partial charge in [0.15, 0.2) is 0 Å². The Morgan fingerprint density at radius 3 is 2.82 bits per heavy atom. The second kappa shape index (κ2) is 5.34. The van der Waals surface area contributed by atoms with Gasteiger partial charge in [0, 0.05) is 24.5 Å². The number of hydrogen-bond acceptors (Lipinski definition) is 1. The van der Waals surface area contributed by atoms with Crippen molar-refractivity contribution < 1.29 is 4.79 Å². The maximum Gasteiger partial charge on any atom is 0.251 e. The van der Waals surface area contributed by atoms with Gasteiger partial charge in [-0.05, 0) is 29.7 Å². The smallest absolute Gasteiger partial charge is 0.251 e.